The first kappa shape index (κ1) is 15.2. The van der Waals surface area contributed by atoms with Crippen LogP contribution in [0.15, 0.2) is 18.3 Å². The number of rotatable bonds is 5. The van der Waals surface area contributed by atoms with Crippen LogP contribution in [-0.4, -0.2) is 46.9 Å². The van der Waals surface area contributed by atoms with E-state index in [0.717, 1.165) is 11.6 Å². The Labute approximate surface area is 125 Å². The molecule has 0 aliphatic heterocycles. The van der Waals surface area contributed by atoms with Crippen molar-refractivity contribution in [2.24, 2.45) is 0 Å². The zero-order valence-electron chi connectivity index (χ0n) is 12.4. The van der Waals surface area contributed by atoms with Gasteiger partial charge in [-0.25, -0.2) is 4.98 Å². The molecule has 1 aliphatic rings. The minimum Gasteiger partial charge on any atom is -0.366 e. The maximum Gasteiger partial charge on any atom is 0.254 e. The van der Waals surface area contributed by atoms with Gasteiger partial charge in [-0.2, -0.15) is 11.8 Å². The summed E-state index contributed by atoms with van der Waals surface area (Å²) in [5.41, 5.74) is 0.631. The maximum atomic E-state index is 11.8. The molecule has 110 valence electrons. The van der Waals surface area contributed by atoms with Gasteiger partial charge >= 0.3 is 0 Å². The monoisotopic (exact) mass is 293 g/mol. The quantitative estimate of drug-likeness (QED) is 0.906. The molecule has 2 rings (SSSR count). The van der Waals surface area contributed by atoms with Crippen LogP contribution in [0, 0.1) is 0 Å². The van der Waals surface area contributed by atoms with Gasteiger partial charge in [-0.15, -0.1) is 0 Å². The van der Waals surface area contributed by atoms with E-state index in [1.54, 1.807) is 25.2 Å². The molecule has 2 atom stereocenters. The van der Waals surface area contributed by atoms with E-state index in [2.05, 4.69) is 17.2 Å². The van der Waals surface area contributed by atoms with E-state index in [-0.39, 0.29) is 5.91 Å². The maximum absolute atomic E-state index is 11.8. The van der Waals surface area contributed by atoms with Crippen LogP contribution < -0.4 is 5.32 Å². The van der Waals surface area contributed by atoms with Crippen molar-refractivity contribution in [3.8, 4) is 0 Å². The van der Waals surface area contributed by atoms with Crippen LogP contribution in [-0.2, 0) is 0 Å². The molecule has 0 unspecified atom stereocenters. The molecule has 1 saturated carbocycles. The molecule has 1 amide bonds. The van der Waals surface area contributed by atoms with Crippen molar-refractivity contribution in [2.75, 3.05) is 25.2 Å². The van der Waals surface area contributed by atoms with Gasteiger partial charge in [-0.1, -0.05) is 13.3 Å². The Morgan fingerprint density at radius 3 is 2.85 bits per heavy atom. The summed E-state index contributed by atoms with van der Waals surface area (Å²) in [4.78, 5) is 17.7. The Morgan fingerprint density at radius 1 is 1.45 bits per heavy atom. The van der Waals surface area contributed by atoms with Crippen LogP contribution >= 0.6 is 11.8 Å². The van der Waals surface area contributed by atoms with Gasteiger partial charge in [0.05, 0.1) is 5.56 Å². The molecule has 5 heteroatoms. The van der Waals surface area contributed by atoms with E-state index in [4.69, 9.17) is 0 Å². The molecule has 0 spiro atoms. The fourth-order valence-corrected chi connectivity index (χ4v) is 3.76. The Balaban J connectivity index is 1.98. The van der Waals surface area contributed by atoms with Gasteiger partial charge in [0.15, 0.2) is 0 Å². The van der Waals surface area contributed by atoms with Gasteiger partial charge in [0.2, 0.25) is 0 Å². The minimum atomic E-state index is -0.00988. The third kappa shape index (κ3) is 3.66. The summed E-state index contributed by atoms with van der Waals surface area (Å²) in [7, 11) is 3.50. The lowest BCUT2D eigenvalue weighted by molar-refractivity contribution is 0.0827. The predicted octanol–water partition coefficient (Wildman–Crippen LogP) is 2.87. The summed E-state index contributed by atoms with van der Waals surface area (Å²) in [5, 5.41) is 4.20. The SMILES string of the molecule is CCS[C@@H]1CCC[C@H]1Nc1ccc(C(=O)N(C)C)cn1. The third-order valence-corrected chi connectivity index (χ3v) is 4.91. The van der Waals surface area contributed by atoms with E-state index in [1.807, 2.05) is 23.9 Å². The third-order valence-electron chi connectivity index (χ3n) is 3.58. The lowest BCUT2D eigenvalue weighted by atomic mass is 10.2. The lowest BCUT2D eigenvalue weighted by Gasteiger charge is -2.20. The number of aromatic nitrogens is 1. The first-order valence-electron chi connectivity index (χ1n) is 7.17. The van der Waals surface area contributed by atoms with Gasteiger partial charge in [0.1, 0.15) is 5.82 Å². The van der Waals surface area contributed by atoms with Gasteiger partial charge in [0, 0.05) is 31.6 Å². The van der Waals surface area contributed by atoms with Crippen LogP contribution in [0.1, 0.15) is 36.5 Å². The Bertz CT molecular complexity index is 447. The zero-order valence-corrected chi connectivity index (χ0v) is 13.2. The highest BCUT2D eigenvalue weighted by atomic mass is 32.2. The second-order valence-electron chi connectivity index (χ2n) is 5.31. The number of carbonyl (C=O) groups is 1. The second-order valence-corrected chi connectivity index (χ2v) is 6.82. The highest BCUT2D eigenvalue weighted by Crippen LogP contribution is 2.31. The number of nitrogens with one attached hydrogen (secondary N) is 1. The van der Waals surface area contributed by atoms with Crippen LogP contribution in [0.5, 0.6) is 0 Å². The first-order chi connectivity index (χ1) is 9.61. The number of amides is 1. The number of thioether (sulfide) groups is 1. The molecule has 0 bridgehead atoms. The number of nitrogens with zero attached hydrogens (tertiary/aromatic N) is 2. The molecule has 0 aromatic carbocycles. The van der Waals surface area contributed by atoms with Crippen molar-refractivity contribution in [2.45, 2.75) is 37.5 Å². The van der Waals surface area contributed by atoms with Crippen LogP contribution in [0.2, 0.25) is 0 Å². The first-order valence-corrected chi connectivity index (χ1v) is 8.22. The van der Waals surface area contributed by atoms with Crippen molar-refractivity contribution >= 4 is 23.5 Å². The van der Waals surface area contributed by atoms with Gasteiger partial charge in [-0.3, -0.25) is 4.79 Å². The molecule has 1 heterocycles. The predicted molar refractivity (Wildman–Crippen MR) is 85.4 cm³/mol. The molecular weight excluding hydrogens is 270 g/mol. The highest BCUT2D eigenvalue weighted by molar-refractivity contribution is 7.99. The molecule has 0 radical (unpaired) electrons. The fraction of sp³-hybridized carbons (Fsp3) is 0.600. The molecule has 0 saturated heterocycles. The lowest BCUT2D eigenvalue weighted by Crippen LogP contribution is -2.27. The minimum absolute atomic E-state index is 0.00988. The second kappa shape index (κ2) is 6.97. The summed E-state index contributed by atoms with van der Waals surface area (Å²) in [5.74, 6) is 2.02. The summed E-state index contributed by atoms with van der Waals surface area (Å²) in [6.07, 6.45) is 5.43. The number of carbonyl (C=O) groups excluding carboxylic acids is 1. The zero-order chi connectivity index (χ0) is 14.5. The van der Waals surface area contributed by atoms with E-state index in [9.17, 15) is 4.79 Å². The number of hydrogen-bond acceptors (Lipinski definition) is 4. The van der Waals surface area contributed by atoms with E-state index in [0.29, 0.717) is 16.9 Å². The van der Waals surface area contributed by atoms with E-state index >= 15 is 0 Å². The summed E-state index contributed by atoms with van der Waals surface area (Å²) in [6.45, 7) is 2.21. The fourth-order valence-electron chi connectivity index (χ4n) is 2.56. The van der Waals surface area contributed by atoms with E-state index < -0.39 is 0 Å². The van der Waals surface area contributed by atoms with Crippen LogP contribution in [0.25, 0.3) is 0 Å². The van der Waals surface area contributed by atoms with Gasteiger partial charge in [0.25, 0.3) is 5.91 Å². The molecule has 1 aliphatic carbocycles. The highest BCUT2D eigenvalue weighted by Gasteiger charge is 2.27. The molecule has 4 nitrogen and oxygen atoms in total. The summed E-state index contributed by atoms with van der Waals surface area (Å²) >= 11 is 2.03. The van der Waals surface area contributed by atoms with Gasteiger partial charge in [-0.05, 0) is 30.7 Å². The van der Waals surface area contributed by atoms with Crippen LogP contribution in [0.4, 0.5) is 5.82 Å². The topological polar surface area (TPSA) is 45.2 Å². The van der Waals surface area contributed by atoms with Crippen molar-refractivity contribution < 1.29 is 4.79 Å². The number of pyridine rings is 1. The summed E-state index contributed by atoms with van der Waals surface area (Å²) in [6, 6.07) is 4.25. The average Bonchev–Trinajstić information content (AvgIpc) is 2.86. The molecular formula is C15H23N3OS. The standard InChI is InChI=1S/C15H23N3OS/c1-4-20-13-7-5-6-12(13)17-14-9-8-11(10-16-14)15(19)18(2)3/h8-10,12-13H,4-7H2,1-3H3,(H,16,17)/t12-,13-/m1/s1. The molecule has 20 heavy (non-hydrogen) atoms. The van der Waals surface area contributed by atoms with Crippen LogP contribution in [0.3, 0.4) is 0 Å². The summed E-state index contributed by atoms with van der Waals surface area (Å²) < 4.78 is 0. The smallest absolute Gasteiger partial charge is 0.254 e. The molecule has 1 aromatic heterocycles. The Hall–Kier alpha value is -1.23. The largest absolute Gasteiger partial charge is 0.366 e. The molecule has 1 fully saturated rings. The Morgan fingerprint density at radius 2 is 2.25 bits per heavy atom. The van der Waals surface area contributed by atoms with Crippen molar-refractivity contribution in [1.29, 1.82) is 0 Å². The van der Waals surface area contributed by atoms with Crippen molar-refractivity contribution in [3.05, 3.63) is 23.9 Å². The van der Waals surface area contributed by atoms with Gasteiger partial charge < -0.3 is 10.2 Å². The van der Waals surface area contributed by atoms with Crippen molar-refractivity contribution in [1.82, 2.24) is 9.88 Å². The Kier molecular flexibility index (Phi) is 5.29. The van der Waals surface area contributed by atoms with E-state index in [1.165, 1.54) is 19.3 Å². The number of anilines is 1. The number of hydrogen-bond donors (Lipinski definition) is 1. The normalized spacial score (nSPS) is 21.8. The average molecular weight is 293 g/mol. The van der Waals surface area contributed by atoms with Crippen molar-refractivity contribution in [3.63, 3.8) is 0 Å². The molecule has 1 aromatic rings. The molecule has 1 N–H and O–H groups in total.